The summed E-state index contributed by atoms with van der Waals surface area (Å²) in [6.45, 7) is 3.30. The van der Waals surface area contributed by atoms with E-state index in [0.29, 0.717) is 0 Å². The summed E-state index contributed by atoms with van der Waals surface area (Å²) in [4.78, 5) is 3.44. The highest BCUT2D eigenvalue weighted by molar-refractivity contribution is 5.75. The molecule has 0 aromatic heterocycles. The fraction of sp³-hybridized carbons (Fsp3) is 0.167. The van der Waals surface area contributed by atoms with E-state index in [1.807, 2.05) is 0 Å². The van der Waals surface area contributed by atoms with Gasteiger partial charge in [-0.1, -0.05) is 12.7 Å². The minimum atomic E-state index is -0.373. The third-order valence-corrected chi connectivity index (χ3v) is 0.530. The number of halogens is 1. The molecule has 0 bridgehead atoms. The van der Waals surface area contributed by atoms with Crippen molar-refractivity contribution in [2.45, 2.75) is 0 Å². The van der Waals surface area contributed by atoms with E-state index in [1.165, 1.54) is 19.2 Å². The highest BCUT2D eigenvalue weighted by Crippen LogP contribution is 1.89. The Morgan fingerprint density at radius 1 is 1.75 bits per heavy atom. The SMILES string of the molecule is C=C/C=C(F)\C=N/C. The maximum absolute atomic E-state index is 12.0. The number of rotatable bonds is 2. The molecule has 44 valence electrons. The van der Waals surface area contributed by atoms with Crippen molar-refractivity contribution in [3.63, 3.8) is 0 Å². The van der Waals surface area contributed by atoms with Crippen LogP contribution in [0.15, 0.2) is 29.6 Å². The molecule has 0 saturated heterocycles. The fourth-order valence-corrected chi connectivity index (χ4v) is 0.279. The summed E-state index contributed by atoms with van der Waals surface area (Å²) in [6.07, 6.45) is 3.74. The molecule has 0 aromatic rings. The molecule has 0 fully saturated rings. The molecule has 2 heteroatoms. The van der Waals surface area contributed by atoms with E-state index in [-0.39, 0.29) is 5.83 Å². The van der Waals surface area contributed by atoms with Crippen LogP contribution in [-0.4, -0.2) is 13.3 Å². The summed E-state index contributed by atoms with van der Waals surface area (Å²) in [5, 5.41) is 0. The number of hydrogen-bond acceptors (Lipinski definition) is 1. The summed E-state index contributed by atoms with van der Waals surface area (Å²) in [5.41, 5.74) is 0. The van der Waals surface area contributed by atoms with Crippen LogP contribution < -0.4 is 0 Å². The molecule has 0 aliphatic heterocycles. The van der Waals surface area contributed by atoms with Crippen molar-refractivity contribution in [3.8, 4) is 0 Å². The van der Waals surface area contributed by atoms with Gasteiger partial charge in [-0.2, -0.15) is 0 Å². The molecule has 0 aliphatic rings. The van der Waals surface area contributed by atoms with Gasteiger partial charge in [-0.25, -0.2) is 4.39 Å². The molecule has 0 amide bonds. The van der Waals surface area contributed by atoms with E-state index in [1.54, 1.807) is 0 Å². The van der Waals surface area contributed by atoms with Crippen LogP contribution in [0.4, 0.5) is 4.39 Å². The molecule has 8 heavy (non-hydrogen) atoms. The zero-order valence-electron chi connectivity index (χ0n) is 4.76. The highest BCUT2D eigenvalue weighted by atomic mass is 19.1. The largest absolute Gasteiger partial charge is 0.293 e. The Hall–Kier alpha value is -0.920. The second-order valence-corrected chi connectivity index (χ2v) is 1.17. The van der Waals surface area contributed by atoms with Gasteiger partial charge in [0.15, 0.2) is 0 Å². The molecule has 0 heterocycles. The third-order valence-electron chi connectivity index (χ3n) is 0.530. The number of allylic oxidation sites excluding steroid dienone is 3. The summed E-state index contributed by atoms with van der Waals surface area (Å²) in [6, 6.07) is 0. The van der Waals surface area contributed by atoms with Crippen LogP contribution in [0.3, 0.4) is 0 Å². The van der Waals surface area contributed by atoms with Gasteiger partial charge in [-0.3, -0.25) is 4.99 Å². The molecule has 0 radical (unpaired) electrons. The molecule has 0 saturated carbocycles. The first-order valence-corrected chi connectivity index (χ1v) is 2.21. The monoisotopic (exact) mass is 113 g/mol. The third kappa shape index (κ3) is 3.28. The second-order valence-electron chi connectivity index (χ2n) is 1.17. The van der Waals surface area contributed by atoms with Gasteiger partial charge in [0.2, 0.25) is 0 Å². The van der Waals surface area contributed by atoms with Crippen LogP contribution in [0.2, 0.25) is 0 Å². The smallest absolute Gasteiger partial charge is 0.140 e. The quantitative estimate of drug-likeness (QED) is 0.382. The lowest BCUT2D eigenvalue weighted by atomic mass is 10.5. The maximum atomic E-state index is 12.0. The molecule has 0 spiro atoms. The van der Waals surface area contributed by atoms with Gasteiger partial charge in [0.05, 0.1) is 6.21 Å². The first-order chi connectivity index (χ1) is 3.81. The average molecular weight is 113 g/mol. The van der Waals surface area contributed by atoms with Crippen LogP contribution in [-0.2, 0) is 0 Å². The van der Waals surface area contributed by atoms with Crippen molar-refractivity contribution >= 4 is 6.21 Å². The van der Waals surface area contributed by atoms with Gasteiger partial charge >= 0.3 is 0 Å². The van der Waals surface area contributed by atoms with Crippen molar-refractivity contribution in [2.75, 3.05) is 7.05 Å². The van der Waals surface area contributed by atoms with E-state index < -0.39 is 0 Å². The second kappa shape index (κ2) is 4.24. The Balaban J connectivity index is 3.79. The van der Waals surface area contributed by atoms with Crippen LogP contribution in [0.5, 0.6) is 0 Å². The molecule has 0 rings (SSSR count). The number of nitrogens with zero attached hydrogens (tertiary/aromatic N) is 1. The van der Waals surface area contributed by atoms with Crippen molar-refractivity contribution in [1.82, 2.24) is 0 Å². The van der Waals surface area contributed by atoms with E-state index in [4.69, 9.17) is 0 Å². The minimum Gasteiger partial charge on any atom is -0.293 e. The van der Waals surface area contributed by atoms with Gasteiger partial charge in [-0.15, -0.1) is 0 Å². The van der Waals surface area contributed by atoms with E-state index in [0.717, 1.165) is 6.21 Å². The normalized spacial score (nSPS) is 12.5. The van der Waals surface area contributed by atoms with Gasteiger partial charge < -0.3 is 0 Å². The van der Waals surface area contributed by atoms with Crippen molar-refractivity contribution in [1.29, 1.82) is 0 Å². The molecule has 0 atom stereocenters. The minimum absolute atomic E-state index is 0.373. The predicted octanol–water partition coefficient (Wildman–Crippen LogP) is 1.73. The Morgan fingerprint density at radius 2 is 2.38 bits per heavy atom. The standard InChI is InChI=1S/C6H8FN/c1-3-4-6(7)5-8-2/h3-5H,1H2,2H3/b6-4+,8-5-. The van der Waals surface area contributed by atoms with Crippen LogP contribution >= 0.6 is 0 Å². The summed E-state index contributed by atoms with van der Waals surface area (Å²) >= 11 is 0. The topological polar surface area (TPSA) is 12.4 Å². The molecular weight excluding hydrogens is 105 g/mol. The number of hydrogen-bond donors (Lipinski definition) is 0. The fourth-order valence-electron chi connectivity index (χ4n) is 0.279. The zero-order chi connectivity index (χ0) is 6.41. The first kappa shape index (κ1) is 7.08. The Morgan fingerprint density at radius 3 is 2.75 bits per heavy atom. The lowest BCUT2D eigenvalue weighted by Crippen LogP contribution is -1.70. The Labute approximate surface area is 48.2 Å². The molecule has 0 aliphatic carbocycles. The molecule has 0 N–H and O–H groups in total. The molecule has 1 nitrogen and oxygen atoms in total. The molecular formula is C6H8FN. The van der Waals surface area contributed by atoms with Crippen molar-refractivity contribution < 1.29 is 4.39 Å². The van der Waals surface area contributed by atoms with Crippen molar-refractivity contribution in [2.24, 2.45) is 4.99 Å². The summed E-state index contributed by atoms with van der Waals surface area (Å²) in [7, 11) is 1.51. The predicted molar refractivity (Wildman–Crippen MR) is 33.8 cm³/mol. The van der Waals surface area contributed by atoms with E-state index in [9.17, 15) is 4.39 Å². The molecule has 0 unspecified atom stereocenters. The lowest BCUT2D eigenvalue weighted by molar-refractivity contribution is 0.686. The highest BCUT2D eigenvalue weighted by Gasteiger charge is 1.79. The lowest BCUT2D eigenvalue weighted by Gasteiger charge is -1.77. The van der Waals surface area contributed by atoms with Crippen molar-refractivity contribution in [3.05, 3.63) is 24.6 Å². The van der Waals surface area contributed by atoms with Gasteiger partial charge in [0.1, 0.15) is 5.83 Å². The van der Waals surface area contributed by atoms with Gasteiger partial charge in [0.25, 0.3) is 0 Å². The number of aliphatic imine (C=N–C) groups is 1. The van der Waals surface area contributed by atoms with Crippen LogP contribution in [0.1, 0.15) is 0 Å². The zero-order valence-corrected chi connectivity index (χ0v) is 4.76. The molecule has 0 aromatic carbocycles. The first-order valence-electron chi connectivity index (χ1n) is 2.21. The van der Waals surface area contributed by atoms with Gasteiger partial charge in [-0.05, 0) is 6.08 Å². The van der Waals surface area contributed by atoms with Gasteiger partial charge in [0, 0.05) is 7.05 Å². The van der Waals surface area contributed by atoms with Crippen LogP contribution in [0.25, 0.3) is 0 Å². The van der Waals surface area contributed by atoms with Crippen LogP contribution in [0, 0.1) is 0 Å². The average Bonchev–Trinajstić information content (AvgIpc) is 1.68. The summed E-state index contributed by atoms with van der Waals surface area (Å²) in [5.74, 6) is -0.373. The van der Waals surface area contributed by atoms with E-state index in [2.05, 4.69) is 11.6 Å². The Bertz CT molecular complexity index is 124. The maximum Gasteiger partial charge on any atom is 0.140 e. The summed E-state index contributed by atoms with van der Waals surface area (Å²) < 4.78 is 12.0. The Kier molecular flexibility index (Phi) is 3.76. The van der Waals surface area contributed by atoms with E-state index >= 15 is 0 Å².